The van der Waals surface area contributed by atoms with Crippen molar-refractivity contribution in [3.05, 3.63) is 30.3 Å². The molecule has 0 aliphatic rings. The summed E-state index contributed by atoms with van der Waals surface area (Å²) in [6, 6.07) is 10.8. The van der Waals surface area contributed by atoms with Crippen molar-refractivity contribution < 1.29 is 9.09 Å². The summed E-state index contributed by atoms with van der Waals surface area (Å²) in [5, 5.41) is 9.20. The Morgan fingerprint density at radius 3 is 2.57 bits per heavy atom. The molecular formula is C10H12NO2P. The molecule has 14 heavy (non-hydrogen) atoms. The maximum absolute atomic E-state index is 12.2. The second-order valence-electron chi connectivity index (χ2n) is 2.74. The average molecular weight is 209 g/mol. The van der Waals surface area contributed by atoms with Crippen molar-refractivity contribution in [3.8, 4) is 6.07 Å². The first-order valence-electron chi connectivity index (χ1n) is 4.39. The summed E-state index contributed by atoms with van der Waals surface area (Å²) in [6.07, 6.45) is -0.0646. The zero-order valence-corrected chi connectivity index (χ0v) is 8.91. The Morgan fingerprint density at radius 1 is 1.43 bits per heavy atom. The molecule has 0 bridgehead atoms. The molecule has 1 aromatic carbocycles. The molecule has 1 atom stereocenters. The van der Waals surface area contributed by atoms with Crippen molar-refractivity contribution in [1.82, 2.24) is 0 Å². The van der Waals surface area contributed by atoms with Crippen LogP contribution in [0.4, 0.5) is 0 Å². The van der Waals surface area contributed by atoms with Gasteiger partial charge in [0.25, 0.3) is 0 Å². The highest BCUT2D eigenvalue weighted by atomic mass is 31.2. The second-order valence-corrected chi connectivity index (χ2v) is 5.18. The number of nitriles is 1. The topological polar surface area (TPSA) is 50.1 Å². The van der Waals surface area contributed by atoms with E-state index in [-0.39, 0.29) is 6.16 Å². The molecule has 1 unspecified atom stereocenters. The van der Waals surface area contributed by atoms with Crippen LogP contribution in [0.3, 0.4) is 0 Å². The van der Waals surface area contributed by atoms with Crippen LogP contribution in [-0.4, -0.2) is 12.8 Å². The van der Waals surface area contributed by atoms with Gasteiger partial charge < -0.3 is 4.52 Å². The second kappa shape index (κ2) is 4.95. The SMILES string of the molecule is CCOP(=O)(CC#N)c1ccccc1. The van der Waals surface area contributed by atoms with E-state index in [1.807, 2.05) is 12.1 Å². The Balaban J connectivity index is 3.01. The predicted molar refractivity (Wildman–Crippen MR) is 55.8 cm³/mol. The van der Waals surface area contributed by atoms with Crippen LogP contribution in [0.25, 0.3) is 0 Å². The van der Waals surface area contributed by atoms with Gasteiger partial charge in [0, 0.05) is 5.30 Å². The van der Waals surface area contributed by atoms with E-state index in [1.165, 1.54) is 0 Å². The van der Waals surface area contributed by atoms with Gasteiger partial charge in [-0.2, -0.15) is 5.26 Å². The van der Waals surface area contributed by atoms with E-state index in [9.17, 15) is 4.57 Å². The van der Waals surface area contributed by atoms with E-state index in [0.29, 0.717) is 11.9 Å². The number of hydrogen-bond donors (Lipinski definition) is 0. The molecule has 0 radical (unpaired) electrons. The third-order valence-electron chi connectivity index (χ3n) is 1.77. The number of hydrogen-bond acceptors (Lipinski definition) is 3. The first kappa shape index (κ1) is 11.0. The van der Waals surface area contributed by atoms with Crippen molar-refractivity contribution >= 4 is 12.7 Å². The maximum Gasteiger partial charge on any atom is 0.245 e. The van der Waals surface area contributed by atoms with E-state index in [0.717, 1.165) is 0 Å². The highest BCUT2D eigenvalue weighted by Crippen LogP contribution is 2.44. The Kier molecular flexibility index (Phi) is 3.88. The smallest absolute Gasteiger partial charge is 0.245 e. The van der Waals surface area contributed by atoms with Crippen LogP contribution >= 0.6 is 7.37 Å². The van der Waals surface area contributed by atoms with Crippen molar-refractivity contribution in [3.63, 3.8) is 0 Å². The lowest BCUT2D eigenvalue weighted by Gasteiger charge is -2.14. The van der Waals surface area contributed by atoms with Crippen LogP contribution in [0.5, 0.6) is 0 Å². The highest BCUT2D eigenvalue weighted by molar-refractivity contribution is 7.67. The van der Waals surface area contributed by atoms with Crippen LogP contribution in [0.15, 0.2) is 30.3 Å². The molecule has 0 N–H and O–H groups in total. The average Bonchev–Trinajstić information content (AvgIpc) is 2.20. The molecule has 0 amide bonds. The number of nitrogens with zero attached hydrogens (tertiary/aromatic N) is 1. The molecule has 0 aliphatic carbocycles. The van der Waals surface area contributed by atoms with Gasteiger partial charge in [-0.25, -0.2) is 0 Å². The lowest BCUT2D eigenvalue weighted by Crippen LogP contribution is -2.09. The Labute approximate surface area is 83.8 Å². The standard InChI is InChI=1S/C10H12NO2P/c1-2-13-14(12,9-8-11)10-6-4-3-5-7-10/h3-7H,2,9H2,1H3. The van der Waals surface area contributed by atoms with Gasteiger partial charge in [-0.1, -0.05) is 18.2 Å². The number of benzene rings is 1. The molecule has 3 nitrogen and oxygen atoms in total. The van der Waals surface area contributed by atoms with Gasteiger partial charge in [0.05, 0.1) is 12.7 Å². The van der Waals surface area contributed by atoms with E-state index in [1.54, 1.807) is 31.2 Å². The largest absolute Gasteiger partial charge is 0.325 e. The van der Waals surface area contributed by atoms with Gasteiger partial charge in [0.2, 0.25) is 7.37 Å². The van der Waals surface area contributed by atoms with Gasteiger partial charge >= 0.3 is 0 Å². The minimum Gasteiger partial charge on any atom is -0.325 e. The highest BCUT2D eigenvalue weighted by Gasteiger charge is 2.24. The summed E-state index contributed by atoms with van der Waals surface area (Å²) in [6.45, 7) is 2.13. The van der Waals surface area contributed by atoms with Crippen LogP contribution < -0.4 is 5.30 Å². The number of rotatable bonds is 4. The zero-order valence-electron chi connectivity index (χ0n) is 8.01. The molecule has 1 rings (SSSR count). The molecule has 0 saturated heterocycles. The fourth-order valence-corrected chi connectivity index (χ4v) is 2.82. The van der Waals surface area contributed by atoms with Crippen LogP contribution in [0.2, 0.25) is 0 Å². The van der Waals surface area contributed by atoms with Gasteiger partial charge in [-0.05, 0) is 19.1 Å². The maximum atomic E-state index is 12.2. The van der Waals surface area contributed by atoms with Crippen molar-refractivity contribution in [1.29, 1.82) is 5.26 Å². The summed E-state index contributed by atoms with van der Waals surface area (Å²) in [4.78, 5) is 0. The van der Waals surface area contributed by atoms with Gasteiger partial charge in [0.1, 0.15) is 6.16 Å². The quantitative estimate of drug-likeness (QED) is 0.714. The Hall–Kier alpha value is -1.10. The Morgan fingerprint density at radius 2 is 2.07 bits per heavy atom. The molecule has 0 saturated carbocycles. The summed E-state index contributed by atoms with van der Waals surface area (Å²) >= 11 is 0. The molecule has 0 heterocycles. The lowest BCUT2D eigenvalue weighted by atomic mass is 10.4. The van der Waals surface area contributed by atoms with E-state index < -0.39 is 7.37 Å². The summed E-state index contributed by atoms with van der Waals surface area (Å²) < 4.78 is 17.4. The molecule has 1 aromatic rings. The monoisotopic (exact) mass is 209 g/mol. The first-order chi connectivity index (χ1) is 6.73. The van der Waals surface area contributed by atoms with Gasteiger partial charge in [0.15, 0.2) is 0 Å². The Bertz CT molecular complexity index is 369. The van der Waals surface area contributed by atoms with Crippen molar-refractivity contribution in [2.24, 2.45) is 0 Å². The molecule has 0 fully saturated rings. The van der Waals surface area contributed by atoms with Crippen molar-refractivity contribution in [2.75, 3.05) is 12.8 Å². The summed E-state index contributed by atoms with van der Waals surface area (Å²) in [7, 11) is -2.93. The van der Waals surface area contributed by atoms with E-state index in [4.69, 9.17) is 9.79 Å². The first-order valence-corrected chi connectivity index (χ1v) is 6.20. The fraction of sp³-hybridized carbons (Fsp3) is 0.300. The van der Waals surface area contributed by atoms with Crippen LogP contribution in [-0.2, 0) is 9.09 Å². The van der Waals surface area contributed by atoms with Crippen molar-refractivity contribution in [2.45, 2.75) is 6.92 Å². The molecule has 0 aliphatic heterocycles. The molecular weight excluding hydrogens is 197 g/mol. The zero-order chi connectivity index (χ0) is 10.4. The van der Waals surface area contributed by atoms with Crippen LogP contribution in [0, 0.1) is 11.3 Å². The third kappa shape index (κ3) is 2.45. The molecule has 0 spiro atoms. The minimum atomic E-state index is -2.93. The predicted octanol–water partition coefficient (Wildman–Crippen LogP) is 2.15. The third-order valence-corrected chi connectivity index (χ3v) is 4.08. The molecule has 74 valence electrons. The molecule has 4 heteroatoms. The summed E-state index contributed by atoms with van der Waals surface area (Å²) in [5.41, 5.74) is 0. The normalized spacial score (nSPS) is 14.3. The van der Waals surface area contributed by atoms with E-state index >= 15 is 0 Å². The summed E-state index contributed by atoms with van der Waals surface area (Å²) in [5.74, 6) is 0. The van der Waals surface area contributed by atoms with Gasteiger partial charge in [-0.15, -0.1) is 0 Å². The fourth-order valence-electron chi connectivity index (χ4n) is 1.17. The van der Waals surface area contributed by atoms with E-state index in [2.05, 4.69) is 0 Å². The minimum absolute atomic E-state index is 0.0646. The lowest BCUT2D eigenvalue weighted by molar-refractivity contribution is 0.343. The van der Waals surface area contributed by atoms with Crippen LogP contribution in [0.1, 0.15) is 6.92 Å². The molecule has 0 aromatic heterocycles. The van der Waals surface area contributed by atoms with Gasteiger partial charge in [-0.3, -0.25) is 4.57 Å².